The number of aromatic hydroxyl groups is 1. The molecule has 4 aromatic rings. The molecule has 15 heteroatoms. The van der Waals surface area contributed by atoms with Crippen molar-refractivity contribution in [2.75, 3.05) is 16.8 Å². The maximum Gasteiger partial charge on any atom is 0.305 e. The number of H-pyrrole nitrogens is 1. The van der Waals surface area contributed by atoms with Crippen LogP contribution in [0.25, 0.3) is 0 Å². The normalized spacial score (nSPS) is 26.6. The highest BCUT2D eigenvalue weighted by Crippen LogP contribution is 2.69. The van der Waals surface area contributed by atoms with Crippen LogP contribution >= 0.6 is 39.0 Å². The lowest BCUT2D eigenvalue weighted by atomic mass is 9.68. The number of fused-ring (bicyclic) bond motifs is 9. The predicted octanol–water partition coefficient (Wildman–Crippen LogP) is 5.51. The van der Waals surface area contributed by atoms with E-state index in [1.54, 1.807) is 30.0 Å². The number of imide groups is 1. The molecule has 12 nitrogen and oxygen atoms in total. The number of phenolic OH excluding ortho intramolecular Hbond substituents is 1. The molecule has 0 spiro atoms. The molecule has 2 aliphatic heterocycles. The third-order valence-corrected chi connectivity index (χ3v) is 12.9. The summed E-state index contributed by atoms with van der Waals surface area (Å²) < 4.78 is 6.90. The van der Waals surface area contributed by atoms with Gasteiger partial charge in [-0.15, -0.1) is 11.8 Å². The zero-order valence-corrected chi connectivity index (χ0v) is 27.9. The lowest BCUT2D eigenvalue weighted by molar-refractivity contribution is -0.384. The number of nitrogens with one attached hydrogen (secondary N) is 2. The second kappa shape index (κ2) is 11.6. The highest BCUT2D eigenvalue weighted by molar-refractivity contribution is 9.10. The number of aromatic nitrogens is 1. The van der Waals surface area contributed by atoms with Crippen LogP contribution in [0.15, 0.2) is 81.0 Å². The fourth-order valence-electron chi connectivity index (χ4n) is 8.12. The number of thiazole rings is 1. The summed E-state index contributed by atoms with van der Waals surface area (Å²) in [5, 5.41) is 24.2. The van der Waals surface area contributed by atoms with E-state index in [2.05, 4.69) is 26.2 Å². The minimum atomic E-state index is -0.563. The summed E-state index contributed by atoms with van der Waals surface area (Å²) in [5.41, 5.74) is 1.45. The molecule has 8 rings (SSSR count). The number of hydrogen-bond acceptors (Lipinski definition) is 10. The van der Waals surface area contributed by atoms with Crippen molar-refractivity contribution in [3.05, 3.63) is 101 Å². The van der Waals surface area contributed by atoms with E-state index in [1.807, 2.05) is 12.1 Å². The Hall–Kier alpha value is -4.47. The first-order chi connectivity index (χ1) is 23.1. The fraction of sp³-hybridized carbons (Fsp3) is 0.273. The molecule has 3 aromatic carbocycles. The molecule has 0 radical (unpaired) electrons. The van der Waals surface area contributed by atoms with Crippen LogP contribution in [0.4, 0.5) is 17.1 Å². The lowest BCUT2D eigenvalue weighted by Crippen LogP contribution is -2.42. The number of nitro groups is 1. The number of carbonyl (C=O) groups excluding carboxylic acids is 3. The second-order valence-corrected chi connectivity index (χ2v) is 15.4. The Morgan fingerprint density at radius 3 is 2.46 bits per heavy atom. The van der Waals surface area contributed by atoms with Crippen LogP contribution in [0.1, 0.15) is 22.8 Å². The number of non-ortho nitro benzene ring substituents is 1. The molecule has 1 saturated heterocycles. The number of anilines is 2. The largest absolute Gasteiger partial charge is 0.508 e. The number of nitrogens with zero attached hydrogens (tertiary/aromatic N) is 2. The molecule has 2 bridgehead atoms. The highest BCUT2D eigenvalue weighted by atomic mass is 79.9. The van der Waals surface area contributed by atoms with Crippen LogP contribution in [0.5, 0.6) is 11.5 Å². The second-order valence-electron chi connectivity index (χ2n) is 12.3. The lowest BCUT2D eigenvalue weighted by Gasteiger charge is -2.43. The van der Waals surface area contributed by atoms with E-state index in [9.17, 15) is 34.4 Å². The maximum absolute atomic E-state index is 14.1. The molecule has 3 amide bonds. The molecule has 2 saturated carbocycles. The molecule has 4 aliphatic rings. The molecule has 48 heavy (non-hydrogen) atoms. The topological polar surface area (TPSA) is 172 Å². The molecule has 2 aliphatic carbocycles. The molecule has 1 aromatic heterocycles. The van der Waals surface area contributed by atoms with Crippen LogP contribution in [-0.4, -0.2) is 44.6 Å². The zero-order valence-electron chi connectivity index (χ0n) is 24.7. The average Bonchev–Trinajstić information content (AvgIpc) is 3.80. The van der Waals surface area contributed by atoms with Crippen LogP contribution in [0.2, 0.25) is 0 Å². The quantitative estimate of drug-likeness (QED) is 0.0954. The fourth-order valence-corrected chi connectivity index (χ4v) is 11.4. The Kier molecular flexibility index (Phi) is 7.45. The van der Waals surface area contributed by atoms with E-state index in [0.717, 1.165) is 31.3 Å². The number of phenols is 1. The third kappa shape index (κ3) is 4.94. The van der Waals surface area contributed by atoms with Gasteiger partial charge in [0.1, 0.15) is 11.5 Å². The van der Waals surface area contributed by atoms with Crippen LogP contribution < -0.4 is 19.8 Å². The van der Waals surface area contributed by atoms with Crippen molar-refractivity contribution in [2.45, 2.75) is 22.6 Å². The molecule has 4 unspecified atom stereocenters. The van der Waals surface area contributed by atoms with Gasteiger partial charge in [-0.05, 0) is 78.8 Å². The van der Waals surface area contributed by atoms with Crippen molar-refractivity contribution in [3.63, 3.8) is 0 Å². The highest BCUT2D eigenvalue weighted by Gasteiger charge is 2.70. The first-order valence-corrected chi connectivity index (χ1v) is 17.6. The summed E-state index contributed by atoms with van der Waals surface area (Å²) in [6.07, 6.45) is 0.679. The predicted molar refractivity (Wildman–Crippen MR) is 180 cm³/mol. The average molecular weight is 750 g/mol. The minimum absolute atomic E-state index is 0.0720. The molecule has 244 valence electrons. The first kappa shape index (κ1) is 30.8. The number of amides is 3. The van der Waals surface area contributed by atoms with E-state index in [-0.39, 0.29) is 63.7 Å². The van der Waals surface area contributed by atoms with Gasteiger partial charge in [-0.2, -0.15) is 0 Å². The van der Waals surface area contributed by atoms with Crippen molar-refractivity contribution in [2.24, 2.45) is 29.6 Å². The number of ether oxygens (including phenoxy) is 1. The number of carbonyl (C=O) groups is 3. The van der Waals surface area contributed by atoms with E-state index in [0.29, 0.717) is 23.5 Å². The Labute approximate surface area is 288 Å². The summed E-state index contributed by atoms with van der Waals surface area (Å²) in [5.74, 6) is -2.31. The smallest absolute Gasteiger partial charge is 0.305 e. The first-order valence-electron chi connectivity index (χ1n) is 15.1. The Morgan fingerprint density at radius 1 is 1.04 bits per heavy atom. The van der Waals surface area contributed by atoms with Crippen molar-refractivity contribution < 1.29 is 29.2 Å². The minimum Gasteiger partial charge on any atom is -0.508 e. The third-order valence-electron chi connectivity index (χ3n) is 9.86. The molecular formula is C33H25BrN4O8S2. The molecular weight excluding hydrogens is 724 g/mol. The van der Waals surface area contributed by atoms with Gasteiger partial charge in [-0.3, -0.25) is 34.2 Å². The van der Waals surface area contributed by atoms with Crippen molar-refractivity contribution in [3.8, 4) is 11.5 Å². The van der Waals surface area contributed by atoms with E-state index >= 15 is 0 Å². The summed E-state index contributed by atoms with van der Waals surface area (Å²) in [4.78, 5) is 69.0. The number of hydrogen-bond donors (Lipinski definition) is 3. The molecule has 3 heterocycles. The number of thioether (sulfide) groups is 1. The summed E-state index contributed by atoms with van der Waals surface area (Å²) >= 11 is 6.27. The Balaban J connectivity index is 1.13. The molecule has 3 fully saturated rings. The van der Waals surface area contributed by atoms with Crippen molar-refractivity contribution >= 4 is 73.8 Å². The standard InChI is InChI=1S/C33H25BrN4O8S2/c34-14-1-10-22(46-13-23(40)35-15-2-8-18(39)9-3-15)19(11-14)24-25-20-12-21(28(25)47-30-29(24)48-33(43)36-30)27-26(20)31(41)37(32(27)42)16-4-6-17(7-5-16)38(44)45/h1-11,20-21,24-28,39H,12-13H2,(H,35,40)(H,36,43)/t20-,21-,24-,25?,26?,27?,28?/m1/s1. The van der Waals surface area contributed by atoms with Gasteiger partial charge in [0.2, 0.25) is 11.8 Å². The zero-order chi connectivity index (χ0) is 33.4. The number of nitro benzene ring substituents is 1. The van der Waals surface area contributed by atoms with E-state index in [1.165, 1.54) is 41.3 Å². The van der Waals surface area contributed by atoms with Gasteiger partial charge in [0.05, 0.1) is 27.5 Å². The van der Waals surface area contributed by atoms with Gasteiger partial charge in [-0.25, -0.2) is 0 Å². The summed E-state index contributed by atoms with van der Waals surface area (Å²) in [6, 6.07) is 17.0. The van der Waals surface area contributed by atoms with E-state index < -0.39 is 22.7 Å². The SMILES string of the molecule is O=C(COc1ccc(Br)cc1[C@H]1c2sc(=O)[nH]c2SC2C1[C@H]1C[C@@H]2C2C(=O)N(c3ccc([N+](=O)[O-])cc3)C(=O)C21)Nc1ccc(O)cc1. The van der Waals surface area contributed by atoms with Crippen molar-refractivity contribution in [1.29, 1.82) is 0 Å². The van der Waals surface area contributed by atoms with Gasteiger partial charge in [0.15, 0.2) is 6.61 Å². The van der Waals surface area contributed by atoms with Crippen LogP contribution in [0.3, 0.4) is 0 Å². The number of halogens is 1. The van der Waals surface area contributed by atoms with Gasteiger partial charge in [0, 0.05) is 43.9 Å². The van der Waals surface area contributed by atoms with Crippen LogP contribution in [0, 0.1) is 39.7 Å². The van der Waals surface area contributed by atoms with Gasteiger partial charge < -0.3 is 20.1 Å². The van der Waals surface area contributed by atoms with Crippen molar-refractivity contribution in [1.82, 2.24) is 4.98 Å². The monoisotopic (exact) mass is 748 g/mol. The maximum atomic E-state index is 14.1. The van der Waals surface area contributed by atoms with E-state index in [4.69, 9.17) is 4.74 Å². The summed E-state index contributed by atoms with van der Waals surface area (Å²) in [7, 11) is 0. The summed E-state index contributed by atoms with van der Waals surface area (Å²) in [6.45, 7) is -0.296. The van der Waals surface area contributed by atoms with Gasteiger partial charge in [0.25, 0.3) is 11.6 Å². The van der Waals surface area contributed by atoms with Gasteiger partial charge in [-0.1, -0.05) is 27.3 Å². The number of benzene rings is 3. The Morgan fingerprint density at radius 2 is 1.75 bits per heavy atom. The molecule has 3 N–H and O–H groups in total. The van der Waals surface area contributed by atoms with Gasteiger partial charge >= 0.3 is 4.87 Å². The molecule has 7 atom stereocenters. The number of rotatable bonds is 7. The van der Waals surface area contributed by atoms with Crippen LogP contribution in [-0.2, 0) is 14.4 Å². The Bertz CT molecular complexity index is 2070. The number of aromatic amines is 1.